The summed E-state index contributed by atoms with van der Waals surface area (Å²) in [5.41, 5.74) is 1.24. The van der Waals surface area contributed by atoms with Gasteiger partial charge in [0.25, 0.3) is 5.91 Å². The zero-order chi connectivity index (χ0) is 16.2. The van der Waals surface area contributed by atoms with Crippen LogP contribution in [-0.4, -0.2) is 20.9 Å². The predicted molar refractivity (Wildman–Crippen MR) is 83.9 cm³/mol. The van der Waals surface area contributed by atoms with Gasteiger partial charge in [0.2, 0.25) is 0 Å². The van der Waals surface area contributed by atoms with Crippen molar-refractivity contribution < 1.29 is 9.18 Å². The van der Waals surface area contributed by atoms with E-state index in [0.717, 1.165) is 0 Å². The fourth-order valence-corrected chi connectivity index (χ4v) is 2.21. The summed E-state index contributed by atoms with van der Waals surface area (Å²) in [6.45, 7) is 0.0789. The van der Waals surface area contributed by atoms with Crippen LogP contribution in [0.3, 0.4) is 0 Å². The van der Waals surface area contributed by atoms with Crippen LogP contribution >= 0.6 is 11.6 Å². The Morgan fingerprint density at radius 3 is 2.83 bits per heavy atom. The molecule has 0 bridgehead atoms. The lowest BCUT2D eigenvalue weighted by molar-refractivity contribution is 0.0945. The zero-order valence-corrected chi connectivity index (χ0v) is 12.7. The number of hydrogen-bond donors (Lipinski definition) is 1. The first kappa shape index (κ1) is 15.2. The van der Waals surface area contributed by atoms with E-state index >= 15 is 0 Å². The van der Waals surface area contributed by atoms with Gasteiger partial charge >= 0.3 is 0 Å². The molecule has 0 saturated carbocycles. The molecule has 0 aliphatic carbocycles. The Balaban J connectivity index is 1.70. The maximum Gasteiger partial charge on any atom is 0.273 e. The van der Waals surface area contributed by atoms with Crippen LogP contribution < -0.4 is 5.32 Å². The third-order valence-electron chi connectivity index (χ3n) is 3.20. The largest absolute Gasteiger partial charge is 0.346 e. The molecule has 1 N–H and O–H groups in total. The van der Waals surface area contributed by atoms with Crippen LogP contribution in [0.25, 0.3) is 5.69 Å². The summed E-state index contributed by atoms with van der Waals surface area (Å²) < 4.78 is 15.0. The molecular formula is C16H12ClFN4O. The molecule has 1 amide bonds. The van der Waals surface area contributed by atoms with E-state index in [2.05, 4.69) is 15.6 Å². The highest BCUT2D eigenvalue weighted by molar-refractivity contribution is 6.30. The van der Waals surface area contributed by atoms with Gasteiger partial charge in [0, 0.05) is 17.1 Å². The third kappa shape index (κ3) is 3.54. The highest BCUT2D eigenvalue weighted by atomic mass is 35.5. The Hall–Kier alpha value is -2.73. The molecule has 0 spiro atoms. The number of halogens is 2. The van der Waals surface area contributed by atoms with Crippen molar-refractivity contribution in [1.29, 1.82) is 0 Å². The topological polar surface area (TPSA) is 59.8 Å². The summed E-state index contributed by atoms with van der Waals surface area (Å²) in [5.74, 6) is -0.795. The molecule has 1 heterocycles. The lowest BCUT2D eigenvalue weighted by Gasteiger charge is -2.04. The van der Waals surface area contributed by atoms with Crippen LogP contribution in [-0.2, 0) is 6.54 Å². The fourth-order valence-electron chi connectivity index (χ4n) is 2.02. The number of nitrogens with zero attached hydrogens (tertiary/aromatic N) is 3. The molecule has 0 radical (unpaired) electrons. The number of hydrogen-bond acceptors (Lipinski definition) is 3. The van der Waals surface area contributed by atoms with E-state index in [1.807, 2.05) is 0 Å². The number of carbonyl (C=O) groups is 1. The molecule has 0 aliphatic rings. The molecule has 5 nitrogen and oxygen atoms in total. The molecule has 0 saturated heterocycles. The molecule has 3 aromatic rings. The van der Waals surface area contributed by atoms with E-state index in [4.69, 9.17) is 11.6 Å². The van der Waals surface area contributed by atoms with Gasteiger partial charge in [-0.1, -0.05) is 41.1 Å². The van der Waals surface area contributed by atoms with Crippen LogP contribution in [0.15, 0.2) is 54.7 Å². The van der Waals surface area contributed by atoms with Crippen LogP contribution in [0.2, 0.25) is 5.02 Å². The van der Waals surface area contributed by atoms with Gasteiger partial charge in [-0.2, -0.15) is 0 Å². The number of nitrogens with one attached hydrogen (secondary N) is 1. The first-order valence-electron chi connectivity index (χ1n) is 6.83. The van der Waals surface area contributed by atoms with Crippen molar-refractivity contribution in [3.8, 4) is 5.69 Å². The van der Waals surface area contributed by atoms with Gasteiger partial charge in [0.1, 0.15) is 5.82 Å². The average molecular weight is 331 g/mol. The molecule has 0 aliphatic heterocycles. The Labute approximate surface area is 136 Å². The van der Waals surface area contributed by atoms with Gasteiger partial charge in [-0.05, 0) is 24.3 Å². The average Bonchev–Trinajstić information content (AvgIpc) is 3.04. The van der Waals surface area contributed by atoms with E-state index in [0.29, 0.717) is 16.3 Å². The number of benzene rings is 2. The zero-order valence-electron chi connectivity index (χ0n) is 11.9. The van der Waals surface area contributed by atoms with Gasteiger partial charge in [-0.25, -0.2) is 9.07 Å². The van der Waals surface area contributed by atoms with Crippen molar-refractivity contribution in [3.05, 3.63) is 76.8 Å². The molecule has 7 heteroatoms. The number of rotatable bonds is 4. The highest BCUT2D eigenvalue weighted by Crippen LogP contribution is 2.14. The van der Waals surface area contributed by atoms with E-state index < -0.39 is 5.91 Å². The number of amides is 1. The normalized spacial score (nSPS) is 10.5. The van der Waals surface area contributed by atoms with E-state index in [9.17, 15) is 9.18 Å². The van der Waals surface area contributed by atoms with Crippen LogP contribution in [0.5, 0.6) is 0 Å². The van der Waals surface area contributed by atoms with Crippen molar-refractivity contribution in [2.45, 2.75) is 6.54 Å². The van der Waals surface area contributed by atoms with Crippen molar-refractivity contribution in [2.24, 2.45) is 0 Å². The smallest absolute Gasteiger partial charge is 0.273 e. The minimum atomic E-state index is -0.429. The van der Waals surface area contributed by atoms with Gasteiger partial charge in [0.15, 0.2) is 5.69 Å². The van der Waals surface area contributed by atoms with Gasteiger partial charge in [-0.3, -0.25) is 4.79 Å². The predicted octanol–water partition coefficient (Wildman–Crippen LogP) is 2.99. The second-order valence-corrected chi connectivity index (χ2v) is 5.24. The second kappa shape index (κ2) is 6.58. The Morgan fingerprint density at radius 1 is 1.22 bits per heavy atom. The highest BCUT2D eigenvalue weighted by Gasteiger charge is 2.12. The lowest BCUT2D eigenvalue weighted by atomic mass is 10.2. The summed E-state index contributed by atoms with van der Waals surface area (Å²) >= 11 is 5.92. The Morgan fingerprint density at radius 2 is 2.04 bits per heavy atom. The number of aromatic nitrogens is 3. The van der Waals surface area contributed by atoms with Gasteiger partial charge in [0.05, 0.1) is 11.9 Å². The molecule has 0 atom stereocenters. The number of carbonyl (C=O) groups excluding carboxylic acids is 1. The maximum atomic E-state index is 13.5. The first-order valence-corrected chi connectivity index (χ1v) is 7.21. The van der Waals surface area contributed by atoms with Crippen LogP contribution in [0.4, 0.5) is 4.39 Å². The van der Waals surface area contributed by atoms with Crippen molar-refractivity contribution in [3.63, 3.8) is 0 Å². The van der Waals surface area contributed by atoms with E-state index in [1.54, 1.807) is 42.5 Å². The van der Waals surface area contributed by atoms with E-state index in [-0.39, 0.29) is 18.1 Å². The fraction of sp³-hybridized carbons (Fsp3) is 0.0625. The summed E-state index contributed by atoms with van der Waals surface area (Å²) in [7, 11) is 0. The molecule has 116 valence electrons. The van der Waals surface area contributed by atoms with Crippen LogP contribution in [0.1, 0.15) is 16.1 Å². The molecular weight excluding hydrogens is 319 g/mol. The molecule has 23 heavy (non-hydrogen) atoms. The standard InChI is InChI=1S/C16H12ClFN4O/c17-12-5-3-6-13(8-12)22-10-15(20-21-22)16(23)19-9-11-4-1-2-7-14(11)18/h1-8,10H,9H2,(H,19,23). The molecule has 0 unspecified atom stereocenters. The Bertz CT molecular complexity index is 849. The molecule has 1 aromatic heterocycles. The first-order chi connectivity index (χ1) is 11.1. The molecule has 0 fully saturated rings. The monoisotopic (exact) mass is 330 g/mol. The molecule has 3 rings (SSSR count). The van der Waals surface area contributed by atoms with Gasteiger partial charge < -0.3 is 5.32 Å². The summed E-state index contributed by atoms with van der Waals surface area (Å²) in [6, 6.07) is 13.3. The molecule has 2 aromatic carbocycles. The minimum Gasteiger partial charge on any atom is -0.346 e. The lowest BCUT2D eigenvalue weighted by Crippen LogP contribution is -2.23. The second-order valence-electron chi connectivity index (χ2n) is 4.80. The van der Waals surface area contributed by atoms with E-state index in [1.165, 1.54) is 16.9 Å². The van der Waals surface area contributed by atoms with Crippen molar-refractivity contribution >= 4 is 17.5 Å². The SMILES string of the molecule is O=C(NCc1ccccc1F)c1cn(-c2cccc(Cl)c2)nn1. The van der Waals surface area contributed by atoms with Crippen LogP contribution in [0, 0.1) is 5.82 Å². The Kier molecular flexibility index (Phi) is 4.34. The summed E-state index contributed by atoms with van der Waals surface area (Å²) in [5, 5.41) is 10.9. The summed E-state index contributed by atoms with van der Waals surface area (Å²) in [4.78, 5) is 12.1. The summed E-state index contributed by atoms with van der Waals surface area (Å²) in [6.07, 6.45) is 1.49. The third-order valence-corrected chi connectivity index (χ3v) is 3.43. The maximum absolute atomic E-state index is 13.5. The minimum absolute atomic E-state index is 0.0789. The van der Waals surface area contributed by atoms with Gasteiger partial charge in [-0.15, -0.1) is 5.10 Å². The van der Waals surface area contributed by atoms with Crippen molar-refractivity contribution in [2.75, 3.05) is 0 Å². The quantitative estimate of drug-likeness (QED) is 0.800. The van der Waals surface area contributed by atoms with Crippen molar-refractivity contribution in [1.82, 2.24) is 20.3 Å².